The number of aromatic nitrogens is 1. The van der Waals surface area contributed by atoms with E-state index in [1.165, 1.54) is 6.20 Å². The first-order valence-electron chi connectivity index (χ1n) is 4.45. The Bertz CT molecular complexity index is 397. The lowest BCUT2D eigenvalue weighted by atomic mass is 10.1. The van der Waals surface area contributed by atoms with E-state index in [2.05, 4.69) is 10.3 Å². The smallest absolute Gasteiger partial charge is 0.246 e. The van der Waals surface area contributed by atoms with Crippen LogP contribution >= 0.6 is 11.6 Å². The van der Waals surface area contributed by atoms with Gasteiger partial charge in [-0.3, -0.25) is 4.79 Å². The van der Waals surface area contributed by atoms with Crippen molar-refractivity contribution in [1.29, 1.82) is 0 Å². The molecule has 0 bridgehead atoms. The van der Waals surface area contributed by atoms with Crippen LogP contribution in [-0.4, -0.2) is 24.1 Å². The van der Waals surface area contributed by atoms with Gasteiger partial charge in [0.1, 0.15) is 11.8 Å². The Morgan fingerprint density at radius 2 is 2.47 bits per heavy atom. The lowest BCUT2D eigenvalue weighted by Gasteiger charge is -2.24. The molecule has 6 heteroatoms. The van der Waals surface area contributed by atoms with Crippen molar-refractivity contribution in [2.75, 3.05) is 18.9 Å². The Morgan fingerprint density at radius 1 is 1.67 bits per heavy atom. The first kappa shape index (κ1) is 10.2. The van der Waals surface area contributed by atoms with Crippen LogP contribution in [0.5, 0.6) is 0 Å². The first-order valence-corrected chi connectivity index (χ1v) is 4.82. The second-order valence-electron chi connectivity index (χ2n) is 3.27. The Labute approximate surface area is 91.6 Å². The molecule has 1 aliphatic rings. The van der Waals surface area contributed by atoms with Crippen molar-refractivity contribution < 1.29 is 9.53 Å². The van der Waals surface area contributed by atoms with Crippen LogP contribution in [-0.2, 0) is 9.53 Å². The number of halogens is 1. The van der Waals surface area contributed by atoms with E-state index in [1.807, 2.05) is 0 Å². The summed E-state index contributed by atoms with van der Waals surface area (Å²) in [6, 6.07) is 1.39. The van der Waals surface area contributed by atoms with Gasteiger partial charge in [0.2, 0.25) is 5.91 Å². The number of nitrogens with one attached hydrogen (secondary N) is 1. The van der Waals surface area contributed by atoms with Gasteiger partial charge in [-0.2, -0.15) is 0 Å². The van der Waals surface area contributed by atoms with E-state index in [0.717, 1.165) is 5.56 Å². The molecule has 5 nitrogen and oxygen atoms in total. The van der Waals surface area contributed by atoms with Gasteiger partial charge in [0.25, 0.3) is 0 Å². The summed E-state index contributed by atoms with van der Waals surface area (Å²) in [6.07, 6.45) is 1.47. The Balaban J connectivity index is 2.27. The first-order chi connectivity index (χ1) is 7.16. The fourth-order valence-corrected chi connectivity index (χ4v) is 1.64. The van der Waals surface area contributed by atoms with E-state index in [0.29, 0.717) is 17.4 Å². The molecule has 0 spiro atoms. The molecule has 1 amide bonds. The number of hydrogen-bond acceptors (Lipinski definition) is 4. The summed E-state index contributed by atoms with van der Waals surface area (Å²) in [5.74, 6) is -0.154. The van der Waals surface area contributed by atoms with Crippen LogP contribution in [0.4, 0.5) is 5.69 Å². The van der Waals surface area contributed by atoms with E-state index in [9.17, 15) is 4.79 Å². The second kappa shape index (κ2) is 4.04. The predicted octanol–water partition coefficient (Wildman–Crippen LogP) is 0.505. The van der Waals surface area contributed by atoms with E-state index >= 15 is 0 Å². The number of amides is 1. The van der Waals surface area contributed by atoms with Crippen LogP contribution < -0.4 is 11.1 Å². The van der Waals surface area contributed by atoms with Crippen LogP contribution in [0, 0.1) is 0 Å². The van der Waals surface area contributed by atoms with E-state index < -0.39 is 0 Å². The summed E-state index contributed by atoms with van der Waals surface area (Å²) >= 11 is 5.75. The van der Waals surface area contributed by atoms with Gasteiger partial charge in [0.05, 0.1) is 24.5 Å². The molecule has 1 aromatic heterocycles. The van der Waals surface area contributed by atoms with Crippen LogP contribution in [0.2, 0.25) is 5.15 Å². The normalized spacial score (nSPS) is 21.1. The molecule has 1 saturated heterocycles. The second-order valence-corrected chi connectivity index (χ2v) is 3.66. The maximum atomic E-state index is 11.1. The van der Waals surface area contributed by atoms with Crippen LogP contribution in [0.1, 0.15) is 11.6 Å². The highest BCUT2D eigenvalue weighted by atomic mass is 35.5. The third-order valence-electron chi connectivity index (χ3n) is 2.16. The number of ether oxygens (including phenoxy) is 1. The van der Waals surface area contributed by atoms with Gasteiger partial charge in [-0.05, 0) is 6.07 Å². The van der Waals surface area contributed by atoms with E-state index in [-0.39, 0.29) is 18.6 Å². The number of hydrogen-bond donors (Lipinski definition) is 2. The molecule has 2 heterocycles. The van der Waals surface area contributed by atoms with Gasteiger partial charge in [0.15, 0.2) is 0 Å². The largest absolute Gasteiger partial charge is 0.397 e. The maximum Gasteiger partial charge on any atom is 0.246 e. The molecular formula is C9H10ClN3O2. The van der Waals surface area contributed by atoms with Crippen LogP contribution in [0.3, 0.4) is 0 Å². The molecule has 15 heavy (non-hydrogen) atoms. The number of carbonyl (C=O) groups excluding carboxylic acids is 1. The number of nitrogen functional groups attached to an aromatic ring is 1. The maximum absolute atomic E-state index is 11.1. The summed E-state index contributed by atoms with van der Waals surface area (Å²) in [7, 11) is 0. The van der Waals surface area contributed by atoms with Crippen molar-refractivity contribution in [2.24, 2.45) is 0 Å². The Kier molecular flexibility index (Phi) is 2.75. The van der Waals surface area contributed by atoms with Gasteiger partial charge in [0, 0.05) is 5.56 Å². The SMILES string of the molecule is Nc1cnc(Cl)cc1[C@H]1COCC(=O)N1. The van der Waals surface area contributed by atoms with Gasteiger partial charge >= 0.3 is 0 Å². The number of nitrogens with two attached hydrogens (primary N) is 1. The van der Waals surface area contributed by atoms with Gasteiger partial charge in [-0.1, -0.05) is 11.6 Å². The molecule has 0 aliphatic carbocycles. The molecule has 2 rings (SSSR count). The van der Waals surface area contributed by atoms with Crippen molar-refractivity contribution in [3.63, 3.8) is 0 Å². The molecule has 1 aromatic rings. The average Bonchev–Trinajstić information content (AvgIpc) is 2.22. The summed E-state index contributed by atoms with van der Waals surface area (Å²) in [6.45, 7) is 0.492. The van der Waals surface area contributed by atoms with Gasteiger partial charge in [-0.15, -0.1) is 0 Å². The van der Waals surface area contributed by atoms with Gasteiger partial charge < -0.3 is 15.8 Å². The van der Waals surface area contributed by atoms with Crippen molar-refractivity contribution in [3.8, 4) is 0 Å². The van der Waals surface area contributed by atoms with E-state index in [4.69, 9.17) is 22.1 Å². The minimum absolute atomic E-state index is 0.0925. The highest BCUT2D eigenvalue weighted by Gasteiger charge is 2.22. The highest BCUT2D eigenvalue weighted by molar-refractivity contribution is 6.29. The highest BCUT2D eigenvalue weighted by Crippen LogP contribution is 2.24. The molecule has 0 radical (unpaired) electrons. The number of nitrogens with zero attached hydrogens (tertiary/aromatic N) is 1. The lowest BCUT2D eigenvalue weighted by Crippen LogP contribution is -2.40. The molecule has 80 valence electrons. The van der Waals surface area contributed by atoms with Crippen LogP contribution in [0.15, 0.2) is 12.3 Å². The van der Waals surface area contributed by atoms with Crippen molar-refractivity contribution in [2.45, 2.75) is 6.04 Å². The lowest BCUT2D eigenvalue weighted by molar-refractivity contribution is -0.131. The number of anilines is 1. The Hall–Kier alpha value is -1.33. The molecular weight excluding hydrogens is 218 g/mol. The number of carbonyl (C=O) groups is 1. The zero-order chi connectivity index (χ0) is 10.8. The monoisotopic (exact) mass is 227 g/mol. The predicted molar refractivity (Wildman–Crippen MR) is 55.4 cm³/mol. The third-order valence-corrected chi connectivity index (χ3v) is 2.37. The molecule has 1 atom stereocenters. The fourth-order valence-electron chi connectivity index (χ4n) is 1.47. The topological polar surface area (TPSA) is 77.2 Å². The summed E-state index contributed by atoms with van der Waals surface area (Å²) in [4.78, 5) is 15.0. The molecule has 0 aromatic carbocycles. The minimum atomic E-state index is -0.244. The van der Waals surface area contributed by atoms with Crippen molar-refractivity contribution in [3.05, 3.63) is 23.0 Å². The summed E-state index contributed by atoms with van der Waals surface area (Å²) < 4.78 is 5.11. The van der Waals surface area contributed by atoms with Gasteiger partial charge in [-0.25, -0.2) is 4.98 Å². The third kappa shape index (κ3) is 2.19. The molecule has 1 fully saturated rings. The molecule has 0 unspecified atom stereocenters. The summed E-state index contributed by atoms with van der Waals surface area (Å²) in [5.41, 5.74) is 6.97. The minimum Gasteiger partial charge on any atom is -0.397 e. The van der Waals surface area contributed by atoms with E-state index in [1.54, 1.807) is 6.07 Å². The number of morpholine rings is 1. The molecule has 3 N–H and O–H groups in total. The quantitative estimate of drug-likeness (QED) is 0.685. The van der Waals surface area contributed by atoms with Crippen molar-refractivity contribution in [1.82, 2.24) is 10.3 Å². The number of rotatable bonds is 1. The number of pyridine rings is 1. The fraction of sp³-hybridized carbons (Fsp3) is 0.333. The van der Waals surface area contributed by atoms with Crippen molar-refractivity contribution >= 4 is 23.2 Å². The van der Waals surface area contributed by atoms with Crippen LogP contribution in [0.25, 0.3) is 0 Å². The summed E-state index contributed by atoms with van der Waals surface area (Å²) in [5, 5.41) is 3.12. The standard InChI is InChI=1S/C9H10ClN3O2/c10-8-1-5(6(11)2-12-8)7-3-15-4-9(14)13-7/h1-2,7H,3-4,11H2,(H,13,14)/t7-/m1/s1. The average molecular weight is 228 g/mol. The molecule has 1 aliphatic heterocycles. The zero-order valence-electron chi connectivity index (χ0n) is 7.87. The zero-order valence-corrected chi connectivity index (χ0v) is 8.62. The Morgan fingerprint density at radius 3 is 3.20 bits per heavy atom. The molecule has 0 saturated carbocycles.